The Labute approximate surface area is 153 Å². The molecular weight excluding hydrogens is 308 g/mol. The van der Waals surface area contributed by atoms with Gasteiger partial charge in [-0.05, 0) is 85.0 Å². The van der Waals surface area contributed by atoms with Crippen molar-refractivity contribution in [2.24, 2.45) is 0 Å². The van der Waals surface area contributed by atoms with E-state index in [4.69, 9.17) is 9.47 Å². The summed E-state index contributed by atoms with van der Waals surface area (Å²) in [5.41, 5.74) is 6.56. The van der Waals surface area contributed by atoms with Crippen LogP contribution in [0.2, 0.25) is 0 Å². The summed E-state index contributed by atoms with van der Waals surface area (Å²) in [5, 5.41) is 0. The molecule has 1 atom stereocenters. The Balaban J connectivity index is 2.00. The highest BCUT2D eigenvalue weighted by Gasteiger charge is 2.12. The lowest BCUT2D eigenvalue weighted by atomic mass is 9.92. The average molecular weight is 341 g/mol. The molecule has 0 saturated heterocycles. The summed E-state index contributed by atoms with van der Waals surface area (Å²) in [7, 11) is 1.73. The number of ether oxygens (including phenoxy) is 2. The highest BCUT2D eigenvalue weighted by molar-refractivity contribution is 5.43. The van der Waals surface area contributed by atoms with Crippen LogP contribution in [0.5, 0.6) is 11.5 Å². The van der Waals surface area contributed by atoms with Crippen molar-refractivity contribution in [3.05, 3.63) is 58.1 Å². The monoisotopic (exact) mass is 340 g/mol. The Bertz CT molecular complexity index is 716. The quantitative estimate of drug-likeness (QED) is 0.587. The van der Waals surface area contributed by atoms with Crippen LogP contribution in [0, 0.1) is 20.8 Å². The Morgan fingerprint density at radius 2 is 1.56 bits per heavy atom. The molecule has 0 bridgehead atoms. The fraction of sp³-hybridized carbons (Fsp3) is 0.478. The van der Waals surface area contributed by atoms with Gasteiger partial charge in [0.2, 0.25) is 0 Å². The van der Waals surface area contributed by atoms with Crippen LogP contribution < -0.4 is 9.47 Å². The normalized spacial score (nSPS) is 12.3. The topological polar surface area (TPSA) is 18.5 Å². The summed E-state index contributed by atoms with van der Waals surface area (Å²) in [4.78, 5) is 0. The summed E-state index contributed by atoms with van der Waals surface area (Å²) in [6.45, 7) is 13.9. The van der Waals surface area contributed by atoms with Crippen LogP contribution in [0.1, 0.15) is 66.8 Å². The number of rotatable bonds is 7. The molecule has 0 radical (unpaired) electrons. The summed E-state index contributed by atoms with van der Waals surface area (Å²) in [6, 6.07) is 10.8. The Hall–Kier alpha value is -1.96. The van der Waals surface area contributed by atoms with Crippen molar-refractivity contribution in [1.29, 1.82) is 0 Å². The standard InChI is InChI=1S/C23H32O2/c1-15(2)21-14-20(9-8-16(21)3)25-11-10-17(4)22-12-19(6)23(24-7)13-18(22)5/h8-9,12-15,17H,10-11H2,1-7H3. The summed E-state index contributed by atoms with van der Waals surface area (Å²) >= 11 is 0. The van der Waals surface area contributed by atoms with Gasteiger partial charge in [0.15, 0.2) is 0 Å². The highest BCUT2D eigenvalue weighted by Crippen LogP contribution is 2.30. The minimum atomic E-state index is 0.458. The van der Waals surface area contributed by atoms with Gasteiger partial charge in [-0.25, -0.2) is 0 Å². The maximum Gasteiger partial charge on any atom is 0.122 e. The van der Waals surface area contributed by atoms with E-state index in [0.717, 1.165) is 24.5 Å². The van der Waals surface area contributed by atoms with E-state index in [0.29, 0.717) is 11.8 Å². The van der Waals surface area contributed by atoms with Crippen molar-refractivity contribution >= 4 is 0 Å². The molecule has 2 nitrogen and oxygen atoms in total. The lowest BCUT2D eigenvalue weighted by Gasteiger charge is -2.18. The SMILES string of the molecule is COc1cc(C)c(C(C)CCOc2ccc(C)c(C(C)C)c2)cc1C. The van der Waals surface area contributed by atoms with Gasteiger partial charge in [-0.1, -0.05) is 32.9 Å². The zero-order valence-corrected chi connectivity index (χ0v) is 16.8. The van der Waals surface area contributed by atoms with Crippen molar-refractivity contribution in [2.45, 2.75) is 59.8 Å². The number of benzene rings is 2. The minimum absolute atomic E-state index is 0.458. The molecule has 25 heavy (non-hydrogen) atoms. The van der Waals surface area contributed by atoms with E-state index in [-0.39, 0.29) is 0 Å². The van der Waals surface area contributed by atoms with E-state index >= 15 is 0 Å². The van der Waals surface area contributed by atoms with Gasteiger partial charge in [-0.15, -0.1) is 0 Å². The maximum absolute atomic E-state index is 6.03. The second-order valence-electron chi connectivity index (χ2n) is 7.39. The molecular formula is C23H32O2. The molecule has 0 fully saturated rings. The average Bonchev–Trinajstić information content (AvgIpc) is 2.57. The molecule has 0 aliphatic carbocycles. The third kappa shape index (κ3) is 4.78. The van der Waals surface area contributed by atoms with E-state index in [1.807, 2.05) is 0 Å². The second kappa shape index (κ2) is 8.42. The first-order valence-corrected chi connectivity index (χ1v) is 9.22. The van der Waals surface area contributed by atoms with E-state index in [1.165, 1.54) is 27.8 Å². The van der Waals surface area contributed by atoms with Gasteiger partial charge in [-0.3, -0.25) is 0 Å². The minimum Gasteiger partial charge on any atom is -0.496 e. The molecule has 2 heteroatoms. The molecule has 136 valence electrons. The third-order valence-corrected chi connectivity index (χ3v) is 5.01. The molecule has 0 spiro atoms. The summed E-state index contributed by atoms with van der Waals surface area (Å²) in [5.74, 6) is 2.92. The molecule has 0 heterocycles. The molecule has 0 N–H and O–H groups in total. The first kappa shape index (κ1) is 19.4. The van der Waals surface area contributed by atoms with Crippen LogP contribution in [0.4, 0.5) is 0 Å². The van der Waals surface area contributed by atoms with Crippen LogP contribution in [-0.4, -0.2) is 13.7 Å². The van der Waals surface area contributed by atoms with Crippen LogP contribution >= 0.6 is 0 Å². The van der Waals surface area contributed by atoms with E-state index < -0.39 is 0 Å². The van der Waals surface area contributed by atoms with Crippen LogP contribution in [0.15, 0.2) is 30.3 Å². The van der Waals surface area contributed by atoms with Crippen molar-refractivity contribution in [2.75, 3.05) is 13.7 Å². The predicted octanol–water partition coefficient (Wildman–Crippen LogP) is 6.32. The fourth-order valence-corrected chi connectivity index (χ4v) is 3.40. The zero-order valence-electron chi connectivity index (χ0n) is 16.8. The summed E-state index contributed by atoms with van der Waals surface area (Å²) < 4.78 is 11.4. The van der Waals surface area contributed by atoms with Gasteiger partial charge in [0.05, 0.1) is 13.7 Å². The Morgan fingerprint density at radius 1 is 0.840 bits per heavy atom. The molecule has 2 aromatic rings. The number of methoxy groups -OCH3 is 1. The largest absolute Gasteiger partial charge is 0.496 e. The predicted molar refractivity (Wildman–Crippen MR) is 106 cm³/mol. The summed E-state index contributed by atoms with van der Waals surface area (Å²) in [6.07, 6.45) is 0.998. The van der Waals surface area contributed by atoms with Crippen molar-refractivity contribution < 1.29 is 9.47 Å². The lowest BCUT2D eigenvalue weighted by Crippen LogP contribution is -2.06. The molecule has 0 aliphatic heterocycles. The molecule has 0 aliphatic rings. The molecule has 1 unspecified atom stereocenters. The molecule has 2 aromatic carbocycles. The fourth-order valence-electron chi connectivity index (χ4n) is 3.40. The van der Waals surface area contributed by atoms with Crippen LogP contribution in [0.3, 0.4) is 0 Å². The number of hydrogen-bond acceptors (Lipinski definition) is 2. The van der Waals surface area contributed by atoms with E-state index in [2.05, 4.69) is 71.9 Å². The lowest BCUT2D eigenvalue weighted by molar-refractivity contribution is 0.300. The highest BCUT2D eigenvalue weighted by atomic mass is 16.5. The smallest absolute Gasteiger partial charge is 0.122 e. The van der Waals surface area contributed by atoms with Gasteiger partial charge in [0.1, 0.15) is 11.5 Å². The first-order valence-electron chi connectivity index (χ1n) is 9.22. The Morgan fingerprint density at radius 3 is 2.20 bits per heavy atom. The number of aryl methyl sites for hydroxylation is 3. The van der Waals surface area contributed by atoms with E-state index in [9.17, 15) is 0 Å². The second-order valence-corrected chi connectivity index (χ2v) is 7.39. The molecule has 0 amide bonds. The molecule has 2 rings (SSSR count). The van der Waals surface area contributed by atoms with Crippen molar-refractivity contribution in [3.63, 3.8) is 0 Å². The Kier molecular flexibility index (Phi) is 6.52. The number of hydrogen-bond donors (Lipinski definition) is 0. The van der Waals surface area contributed by atoms with Crippen LogP contribution in [0.25, 0.3) is 0 Å². The molecule has 0 aromatic heterocycles. The van der Waals surface area contributed by atoms with Gasteiger partial charge in [0.25, 0.3) is 0 Å². The van der Waals surface area contributed by atoms with Crippen LogP contribution in [-0.2, 0) is 0 Å². The van der Waals surface area contributed by atoms with Gasteiger partial charge >= 0.3 is 0 Å². The van der Waals surface area contributed by atoms with Gasteiger partial charge in [0, 0.05) is 0 Å². The third-order valence-electron chi connectivity index (χ3n) is 5.01. The molecule has 0 saturated carbocycles. The van der Waals surface area contributed by atoms with Gasteiger partial charge in [-0.2, -0.15) is 0 Å². The maximum atomic E-state index is 6.03. The van der Waals surface area contributed by atoms with Crippen molar-refractivity contribution in [1.82, 2.24) is 0 Å². The first-order chi connectivity index (χ1) is 11.8. The zero-order chi connectivity index (χ0) is 18.6. The van der Waals surface area contributed by atoms with E-state index in [1.54, 1.807) is 7.11 Å². The van der Waals surface area contributed by atoms with Gasteiger partial charge < -0.3 is 9.47 Å². The van der Waals surface area contributed by atoms with Crippen molar-refractivity contribution in [3.8, 4) is 11.5 Å².